The number of rotatable bonds is 10. The average molecular weight is 525 g/mol. The van der Waals surface area contributed by atoms with Gasteiger partial charge in [-0.15, -0.1) is 0 Å². The Labute approximate surface area is 209 Å². The predicted molar refractivity (Wildman–Crippen MR) is 137 cm³/mol. The van der Waals surface area contributed by atoms with E-state index in [2.05, 4.69) is 21.2 Å². The third-order valence-electron chi connectivity index (χ3n) is 5.49. The molecule has 1 N–H and O–H groups in total. The van der Waals surface area contributed by atoms with Crippen LogP contribution in [0.3, 0.4) is 0 Å². The van der Waals surface area contributed by atoms with Crippen molar-refractivity contribution in [3.8, 4) is 0 Å². The van der Waals surface area contributed by atoms with Crippen LogP contribution in [-0.4, -0.2) is 29.3 Å². The number of benzene rings is 3. The Bertz CT molecular complexity index is 1070. The zero-order valence-electron chi connectivity index (χ0n) is 19.5. The second-order valence-corrected chi connectivity index (χ2v) is 9.71. The Morgan fingerprint density at radius 1 is 0.882 bits per heavy atom. The molecule has 0 aliphatic heterocycles. The van der Waals surface area contributed by atoms with Gasteiger partial charge in [0.1, 0.15) is 11.9 Å². The lowest BCUT2D eigenvalue weighted by atomic mass is 10.0. The van der Waals surface area contributed by atoms with Gasteiger partial charge in [0.25, 0.3) is 0 Å². The van der Waals surface area contributed by atoms with Gasteiger partial charge in [-0.2, -0.15) is 0 Å². The number of hydrogen-bond donors (Lipinski definition) is 1. The summed E-state index contributed by atoms with van der Waals surface area (Å²) in [5.74, 6) is -0.425. The smallest absolute Gasteiger partial charge is 0.243 e. The van der Waals surface area contributed by atoms with Crippen molar-refractivity contribution < 1.29 is 14.0 Å². The van der Waals surface area contributed by atoms with E-state index in [9.17, 15) is 14.0 Å². The normalized spacial score (nSPS) is 11.8. The van der Waals surface area contributed by atoms with Crippen LogP contribution in [0.1, 0.15) is 30.5 Å². The Hall–Kier alpha value is -2.99. The number of amides is 2. The van der Waals surface area contributed by atoms with Crippen LogP contribution in [-0.2, 0) is 29.0 Å². The molecule has 0 unspecified atom stereocenters. The molecule has 2 amide bonds. The fourth-order valence-corrected chi connectivity index (χ4v) is 3.91. The second kappa shape index (κ2) is 12.5. The van der Waals surface area contributed by atoms with Gasteiger partial charge in [-0.1, -0.05) is 84.4 Å². The van der Waals surface area contributed by atoms with E-state index < -0.39 is 6.04 Å². The van der Waals surface area contributed by atoms with Crippen LogP contribution < -0.4 is 5.32 Å². The summed E-state index contributed by atoms with van der Waals surface area (Å²) >= 11 is 3.45. The zero-order chi connectivity index (χ0) is 24.5. The Kier molecular flexibility index (Phi) is 9.40. The van der Waals surface area contributed by atoms with Gasteiger partial charge in [0.15, 0.2) is 0 Å². The van der Waals surface area contributed by atoms with E-state index in [0.717, 1.165) is 15.6 Å². The molecule has 34 heavy (non-hydrogen) atoms. The van der Waals surface area contributed by atoms with Crippen LogP contribution in [0, 0.1) is 11.7 Å². The van der Waals surface area contributed by atoms with E-state index in [1.807, 2.05) is 68.4 Å². The molecule has 3 aromatic rings. The highest BCUT2D eigenvalue weighted by molar-refractivity contribution is 9.10. The van der Waals surface area contributed by atoms with E-state index in [0.29, 0.717) is 25.1 Å². The first-order chi connectivity index (χ1) is 16.3. The first kappa shape index (κ1) is 25.6. The number of nitrogens with one attached hydrogen (secondary N) is 1. The van der Waals surface area contributed by atoms with Crippen molar-refractivity contribution in [2.24, 2.45) is 5.92 Å². The van der Waals surface area contributed by atoms with E-state index in [1.54, 1.807) is 17.0 Å². The van der Waals surface area contributed by atoms with E-state index >= 15 is 0 Å². The van der Waals surface area contributed by atoms with Gasteiger partial charge in [-0.05, 0) is 46.9 Å². The molecule has 0 heterocycles. The topological polar surface area (TPSA) is 49.4 Å². The summed E-state index contributed by atoms with van der Waals surface area (Å²) in [6.07, 6.45) is 0.482. The molecule has 178 valence electrons. The third kappa shape index (κ3) is 7.80. The highest BCUT2D eigenvalue weighted by Crippen LogP contribution is 2.18. The Morgan fingerprint density at radius 2 is 1.50 bits per heavy atom. The van der Waals surface area contributed by atoms with Gasteiger partial charge < -0.3 is 10.2 Å². The van der Waals surface area contributed by atoms with Gasteiger partial charge in [0, 0.05) is 24.0 Å². The first-order valence-electron chi connectivity index (χ1n) is 11.4. The molecule has 0 saturated heterocycles. The summed E-state index contributed by atoms with van der Waals surface area (Å²) < 4.78 is 14.3. The van der Waals surface area contributed by atoms with Gasteiger partial charge in [-0.3, -0.25) is 9.59 Å². The van der Waals surface area contributed by atoms with Crippen LogP contribution in [0.5, 0.6) is 0 Å². The fraction of sp³-hybridized carbons (Fsp3) is 0.286. The molecular formula is C28H30BrFN2O2. The average Bonchev–Trinajstić information content (AvgIpc) is 2.83. The molecule has 0 aliphatic carbocycles. The molecule has 3 aromatic carbocycles. The predicted octanol–water partition coefficient (Wildman–Crippen LogP) is 5.54. The van der Waals surface area contributed by atoms with Crippen molar-refractivity contribution in [2.75, 3.05) is 6.54 Å². The van der Waals surface area contributed by atoms with Gasteiger partial charge >= 0.3 is 0 Å². The maximum Gasteiger partial charge on any atom is 0.243 e. The quantitative estimate of drug-likeness (QED) is 0.378. The van der Waals surface area contributed by atoms with Crippen molar-refractivity contribution >= 4 is 27.7 Å². The van der Waals surface area contributed by atoms with E-state index in [1.165, 1.54) is 12.1 Å². The minimum absolute atomic E-state index is 0.0829. The number of halogens is 2. The molecule has 0 spiro atoms. The number of nitrogens with zero attached hydrogens (tertiary/aromatic N) is 1. The minimum Gasteiger partial charge on any atom is -0.354 e. The molecule has 4 nitrogen and oxygen atoms in total. The van der Waals surface area contributed by atoms with Crippen molar-refractivity contribution in [2.45, 2.75) is 39.3 Å². The molecule has 0 aliphatic rings. The van der Waals surface area contributed by atoms with Crippen LogP contribution in [0.4, 0.5) is 4.39 Å². The van der Waals surface area contributed by atoms with Gasteiger partial charge in [0.2, 0.25) is 11.8 Å². The molecule has 0 radical (unpaired) electrons. The molecular weight excluding hydrogens is 495 g/mol. The molecule has 0 fully saturated rings. The second-order valence-electron chi connectivity index (χ2n) is 8.80. The summed E-state index contributed by atoms with van der Waals surface area (Å²) in [6, 6.07) is 22.6. The van der Waals surface area contributed by atoms with Crippen molar-refractivity contribution in [1.82, 2.24) is 10.2 Å². The van der Waals surface area contributed by atoms with Crippen LogP contribution in [0.2, 0.25) is 0 Å². The Balaban J connectivity index is 1.93. The molecule has 0 saturated carbocycles. The standard InChI is InChI=1S/C28H30BrFN2O2/c1-20(2)18-31-28(34)26(16-21-6-4-3-5-7-21)32(19-23-8-12-24(29)13-9-23)27(33)17-22-10-14-25(30)15-11-22/h3-15,20,26H,16-19H2,1-2H3,(H,31,34)/t26-/m1/s1. The summed E-state index contributed by atoms with van der Waals surface area (Å²) in [6.45, 7) is 4.89. The largest absolute Gasteiger partial charge is 0.354 e. The number of carbonyl (C=O) groups excluding carboxylic acids is 2. The summed E-state index contributed by atoms with van der Waals surface area (Å²) in [5.41, 5.74) is 2.60. The molecule has 0 bridgehead atoms. The van der Waals surface area contributed by atoms with Crippen molar-refractivity contribution in [3.05, 3.63) is 106 Å². The maximum atomic E-state index is 13.6. The van der Waals surface area contributed by atoms with Crippen LogP contribution >= 0.6 is 15.9 Å². The number of carbonyl (C=O) groups is 2. The molecule has 0 aromatic heterocycles. The van der Waals surface area contributed by atoms with Crippen LogP contribution in [0.25, 0.3) is 0 Å². The SMILES string of the molecule is CC(C)CNC(=O)[C@@H](Cc1ccccc1)N(Cc1ccc(Br)cc1)C(=O)Cc1ccc(F)cc1. The van der Waals surface area contributed by atoms with E-state index in [4.69, 9.17) is 0 Å². The summed E-state index contributed by atoms with van der Waals surface area (Å²) in [4.78, 5) is 28.6. The molecule has 1 atom stereocenters. The minimum atomic E-state index is -0.683. The summed E-state index contributed by atoms with van der Waals surface area (Å²) in [7, 11) is 0. The lowest BCUT2D eigenvalue weighted by molar-refractivity contribution is -0.140. The third-order valence-corrected chi connectivity index (χ3v) is 6.02. The van der Waals surface area contributed by atoms with Crippen molar-refractivity contribution in [1.29, 1.82) is 0 Å². The summed E-state index contributed by atoms with van der Waals surface area (Å²) in [5, 5.41) is 3.01. The first-order valence-corrected chi connectivity index (χ1v) is 12.2. The number of hydrogen-bond acceptors (Lipinski definition) is 2. The Morgan fingerprint density at radius 3 is 2.12 bits per heavy atom. The lowest BCUT2D eigenvalue weighted by Gasteiger charge is -2.32. The lowest BCUT2D eigenvalue weighted by Crippen LogP contribution is -2.51. The molecule has 6 heteroatoms. The fourth-order valence-electron chi connectivity index (χ4n) is 3.64. The monoisotopic (exact) mass is 524 g/mol. The van der Waals surface area contributed by atoms with Crippen molar-refractivity contribution in [3.63, 3.8) is 0 Å². The highest BCUT2D eigenvalue weighted by atomic mass is 79.9. The molecule has 3 rings (SSSR count). The maximum absolute atomic E-state index is 13.6. The zero-order valence-corrected chi connectivity index (χ0v) is 21.1. The highest BCUT2D eigenvalue weighted by Gasteiger charge is 2.30. The van der Waals surface area contributed by atoms with E-state index in [-0.39, 0.29) is 30.0 Å². The van der Waals surface area contributed by atoms with Gasteiger partial charge in [-0.25, -0.2) is 4.39 Å². The van der Waals surface area contributed by atoms with Gasteiger partial charge in [0.05, 0.1) is 6.42 Å². The van der Waals surface area contributed by atoms with Crippen LogP contribution in [0.15, 0.2) is 83.3 Å².